The Morgan fingerprint density at radius 1 is 1.60 bits per heavy atom. The second-order valence-corrected chi connectivity index (χ2v) is 8.68. The lowest BCUT2D eigenvalue weighted by Gasteiger charge is -2.17. The number of amidine groups is 1. The molecule has 3 rings (SSSR count). The predicted molar refractivity (Wildman–Crippen MR) is 106 cm³/mol. The van der Waals surface area contributed by atoms with Crippen LogP contribution in [0.3, 0.4) is 0 Å². The zero-order valence-corrected chi connectivity index (χ0v) is 16.4. The maximum absolute atomic E-state index is 12.5. The number of fused-ring (bicyclic) bond motifs is 3. The van der Waals surface area contributed by atoms with Crippen LogP contribution in [0.5, 0.6) is 0 Å². The molecule has 0 aliphatic heterocycles. The van der Waals surface area contributed by atoms with Crippen molar-refractivity contribution in [3.63, 3.8) is 0 Å². The Labute approximate surface area is 155 Å². The maximum atomic E-state index is 12.5. The van der Waals surface area contributed by atoms with Crippen LogP contribution in [0.25, 0.3) is 10.2 Å². The van der Waals surface area contributed by atoms with Gasteiger partial charge in [0.05, 0.1) is 23.8 Å². The van der Waals surface area contributed by atoms with Crippen LogP contribution >= 0.6 is 23.1 Å². The topological polar surface area (TPSA) is 93.4 Å². The van der Waals surface area contributed by atoms with Gasteiger partial charge < -0.3 is 15.5 Å². The van der Waals surface area contributed by atoms with E-state index in [0.29, 0.717) is 29.3 Å². The van der Waals surface area contributed by atoms with Gasteiger partial charge in [0.25, 0.3) is 5.56 Å². The molecule has 0 saturated carbocycles. The number of thiophene rings is 1. The van der Waals surface area contributed by atoms with Crippen LogP contribution < -0.4 is 11.3 Å². The van der Waals surface area contributed by atoms with Crippen molar-refractivity contribution in [2.45, 2.75) is 44.9 Å². The van der Waals surface area contributed by atoms with E-state index in [0.717, 1.165) is 29.5 Å². The van der Waals surface area contributed by atoms with Crippen LogP contribution in [0.4, 0.5) is 0 Å². The number of aromatic amines is 1. The van der Waals surface area contributed by atoms with Crippen molar-refractivity contribution in [1.82, 2.24) is 9.97 Å². The highest BCUT2D eigenvalue weighted by molar-refractivity contribution is 8.13. The minimum Gasteiger partial charge on any atom is -0.382 e. The van der Waals surface area contributed by atoms with Crippen molar-refractivity contribution in [3.05, 3.63) is 26.6 Å². The lowest BCUT2D eigenvalue weighted by atomic mass is 9.89. The summed E-state index contributed by atoms with van der Waals surface area (Å²) in [5, 5.41) is 1.27. The Morgan fingerprint density at radius 2 is 2.40 bits per heavy atom. The summed E-state index contributed by atoms with van der Waals surface area (Å²) in [7, 11) is 1.64. The number of nitrogens with zero attached hydrogens (tertiary/aromatic N) is 2. The fourth-order valence-electron chi connectivity index (χ4n) is 3.14. The Morgan fingerprint density at radius 3 is 3.16 bits per heavy atom. The van der Waals surface area contributed by atoms with Gasteiger partial charge in [-0.25, -0.2) is 4.98 Å². The smallest absolute Gasteiger partial charge is 0.259 e. The van der Waals surface area contributed by atoms with Gasteiger partial charge in [-0.3, -0.25) is 9.79 Å². The average molecular weight is 381 g/mol. The van der Waals surface area contributed by atoms with E-state index in [1.165, 1.54) is 22.2 Å². The Kier molecular flexibility index (Phi) is 5.81. The first kappa shape index (κ1) is 18.4. The molecular weight excluding hydrogens is 356 g/mol. The second kappa shape index (κ2) is 7.88. The van der Waals surface area contributed by atoms with E-state index < -0.39 is 0 Å². The first-order valence-electron chi connectivity index (χ1n) is 8.46. The molecule has 2 atom stereocenters. The number of aromatic nitrogens is 2. The molecular formula is C17H24N4O2S2. The first-order valence-corrected chi connectivity index (χ1v) is 10.3. The number of aliphatic imine (C=N–C) groups is 1. The minimum absolute atomic E-state index is 0.0120. The van der Waals surface area contributed by atoms with E-state index in [1.54, 1.807) is 18.4 Å². The van der Waals surface area contributed by atoms with E-state index in [1.807, 2.05) is 6.92 Å². The molecule has 0 spiro atoms. The Bertz CT molecular complexity index is 843. The number of methoxy groups -OCH3 is 1. The van der Waals surface area contributed by atoms with Crippen molar-refractivity contribution < 1.29 is 4.74 Å². The van der Waals surface area contributed by atoms with E-state index in [-0.39, 0.29) is 11.6 Å². The summed E-state index contributed by atoms with van der Waals surface area (Å²) in [5.74, 6) is 1.82. The molecule has 0 saturated heterocycles. The Balaban J connectivity index is 1.79. The summed E-state index contributed by atoms with van der Waals surface area (Å²) in [4.78, 5) is 26.6. The molecule has 2 aromatic rings. The third kappa shape index (κ3) is 4.24. The molecule has 0 amide bonds. The summed E-state index contributed by atoms with van der Waals surface area (Å²) in [6.07, 6.45) is 3.17. The van der Waals surface area contributed by atoms with Crippen molar-refractivity contribution in [1.29, 1.82) is 0 Å². The lowest BCUT2D eigenvalue weighted by molar-refractivity contribution is 0.186. The lowest BCUT2D eigenvalue weighted by Crippen LogP contribution is -2.17. The highest BCUT2D eigenvalue weighted by atomic mass is 32.2. The molecule has 6 nitrogen and oxygen atoms in total. The number of hydrogen-bond donors (Lipinski definition) is 2. The van der Waals surface area contributed by atoms with Gasteiger partial charge in [0.15, 0.2) is 5.17 Å². The molecule has 0 radical (unpaired) electrons. The molecule has 0 fully saturated rings. The fraction of sp³-hybridized carbons (Fsp3) is 0.588. The SMILES string of the molecule is COC[C@H](C)N=C(N)SCc1nc2sc3c(c2c(=O)[nH]1)CC[C@H](C)C3. The van der Waals surface area contributed by atoms with Crippen LogP contribution in [-0.2, 0) is 23.3 Å². The molecule has 0 aromatic carbocycles. The highest BCUT2D eigenvalue weighted by Gasteiger charge is 2.23. The van der Waals surface area contributed by atoms with Gasteiger partial charge in [-0.1, -0.05) is 18.7 Å². The summed E-state index contributed by atoms with van der Waals surface area (Å²) in [6.45, 7) is 4.74. The van der Waals surface area contributed by atoms with Gasteiger partial charge in [-0.2, -0.15) is 0 Å². The van der Waals surface area contributed by atoms with Crippen molar-refractivity contribution in [2.75, 3.05) is 13.7 Å². The molecule has 1 aliphatic carbocycles. The second-order valence-electron chi connectivity index (χ2n) is 6.60. The molecule has 3 N–H and O–H groups in total. The summed E-state index contributed by atoms with van der Waals surface area (Å²) >= 11 is 3.05. The molecule has 0 bridgehead atoms. The number of thioether (sulfide) groups is 1. The first-order chi connectivity index (χ1) is 12.0. The number of nitrogens with one attached hydrogen (secondary N) is 1. The van der Waals surface area contributed by atoms with Crippen LogP contribution in [0, 0.1) is 5.92 Å². The molecule has 2 heterocycles. The predicted octanol–water partition coefficient (Wildman–Crippen LogP) is 2.69. The van der Waals surface area contributed by atoms with Crippen molar-refractivity contribution >= 4 is 38.5 Å². The summed E-state index contributed by atoms with van der Waals surface area (Å²) < 4.78 is 5.05. The molecule has 25 heavy (non-hydrogen) atoms. The van der Waals surface area contributed by atoms with Crippen LogP contribution in [0.2, 0.25) is 0 Å². The van der Waals surface area contributed by atoms with Gasteiger partial charge in [0.1, 0.15) is 10.7 Å². The number of nitrogens with two attached hydrogens (primary N) is 1. The van der Waals surface area contributed by atoms with Gasteiger partial charge in [-0.05, 0) is 37.7 Å². The van der Waals surface area contributed by atoms with Crippen LogP contribution in [0.15, 0.2) is 9.79 Å². The summed E-state index contributed by atoms with van der Waals surface area (Å²) in [5.41, 5.74) is 7.12. The maximum Gasteiger partial charge on any atom is 0.259 e. The number of ether oxygens (including phenoxy) is 1. The summed E-state index contributed by atoms with van der Waals surface area (Å²) in [6, 6.07) is 0.0120. The fourth-order valence-corrected chi connectivity index (χ4v) is 5.22. The standard InChI is InChI=1S/C17H24N4O2S2/c1-9-4-5-11-12(6-9)25-16-14(11)15(22)20-13(21-16)8-24-17(18)19-10(2)7-23-3/h9-10H,4-8H2,1-3H3,(H2,18,19)(H,20,21,22)/t9-,10-/m0/s1. The van der Waals surface area contributed by atoms with E-state index >= 15 is 0 Å². The quantitative estimate of drug-likeness (QED) is 0.614. The number of H-pyrrole nitrogens is 1. The van der Waals surface area contributed by atoms with Crippen molar-refractivity contribution in [3.8, 4) is 0 Å². The molecule has 0 unspecified atom stereocenters. The van der Waals surface area contributed by atoms with Gasteiger partial charge >= 0.3 is 0 Å². The van der Waals surface area contributed by atoms with E-state index in [4.69, 9.17) is 10.5 Å². The van der Waals surface area contributed by atoms with E-state index in [2.05, 4.69) is 21.9 Å². The largest absolute Gasteiger partial charge is 0.382 e. The van der Waals surface area contributed by atoms with Crippen LogP contribution in [0.1, 0.15) is 36.5 Å². The third-order valence-electron chi connectivity index (χ3n) is 4.33. The molecule has 136 valence electrons. The monoisotopic (exact) mass is 380 g/mol. The molecule has 8 heteroatoms. The number of aryl methyl sites for hydroxylation is 1. The normalized spacial score (nSPS) is 19.2. The molecule has 2 aromatic heterocycles. The average Bonchev–Trinajstić information content (AvgIpc) is 2.90. The van der Waals surface area contributed by atoms with Crippen molar-refractivity contribution in [2.24, 2.45) is 16.6 Å². The molecule has 1 aliphatic rings. The van der Waals surface area contributed by atoms with Gasteiger partial charge in [0, 0.05) is 12.0 Å². The number of rotatable bonds is 5. The van der Waals surface area contributed by atoms with Gasteiger partial charge in [0.2, 0.25) is 0 Å². The minimum atomic E-state index is -0.0316. The zero-order valence-electron chi connectivity index (χ0n) is 14.8. The number of hydrogen-bond acceptors (Lipinski definition) is 6. The van der Waals surface area contributed by atoms with Crippen LogP contribution in [-0.4, -0.2) is 34.9 Å². The Hall–Kier alpha value is -1.38. The van der Waals surface area contributed by atoms with Gasteiger partial charge in [-0.15, -0.1) is 11.3 Å². The zero-order chi connectivity index (χ0) is 18.0. The highest BCUT2D eigenvalue weighted by Crippen LogP contribution is 2.35. The third-order valence-corrected chi connectivity index (χ3v) is 6.29. The van der Waals surface area contributed by atoms with E-state index in [9.17, 15) is 4.79 Å².